The van der Waals surface area contributed by atoms with Crippen LogP contribution in [0.4, 0.5) is 0 Å². The van der Waals surface area contributed by atoms with Crippen LogP contribution in [0.15, 0.2) is 24.3 Å². The van der Waals surface area contributed by atoms with E-state index >= 15 is 0 Å². The standard InChI is InChI=1S/C19H27NO5/c1-3-24-19(23)16-5-4-10-20(11-16)12-17(22)13-25-18-8-6-15(7-9-18)14(2)21/h6-9,16-17,22H,3-5,10-13H2,1-2H3. The van der Waals surface area contributed by atoms with E-state index in [9.17, 15) is 14.7 Å². The van der Waals surface area contributed by atoms with E-state index in [4.69, 9.17) is 9.47 Å². The Morgan fingerprint density at radius 3 is 2.68 bits per heavy atom. The molecule has 0 saturated carbocycles. The molecule has 0 amide bonds. The molecule has 0 bridgehead atoms. The third-order valence-electron chi connectivity index (χ3n) is 4.30. The molecule has 0 radical (unpaired) electrons. The van der Waals surface area contributed by atoms with Crippen LogP contribution in [0.25, 0.3) is 0 Å². The van der Waals surface area contributed by atoms with Crippen molar-refractivity contribution in [2.24, 2.45) is 5.92 Å². The average molecular weight is 349 g/mol. The van der Waals surface area contributed by atoms with Crippen LogP contribution in [0.5, 0.6) is 5.75 Å². The number of Topliss-reactive ketones (excluding diaryl/α,β-unsaturated/α-hetero) is 1. The van der Waals surface area contributed by atoms with E-state index in [2.05, 4.69) is 4.90 Å². The third kappa shape index (κ3) is 6.14. The summed E-state index contributed by atoms with van der Waals surface area (Å²) in [4.78, 5) is 25.2. The number of nitrogens with zero attached hydrogens (tertiary/aromatic N) is 1. The van der Waals surface area contributed by atoms with Gasteiger partial charge in [0.15, 0.2) is 5.78 Å². The molecule has 2 atom stereocenters. The Bertz CT molecular complexity index is 572. The normalized spacial score (nSPS) is 19.2. The predicted molar refractivity (Wildman–Crippen MR) is 93.7 cm³/mol. The van der Waals surface area contributed by atoms with Crippen molar-refractivity contribution in [2.45, 2.75) is 32.8 Å². The maximum atomic E-state index is 11.9. The first-order valence-electron chi connectivity index (χ1n) is 8.80. The number of ether oxygens (including phenoxy) is 2. The zero-order valence-corrected chi connectivity index (χ0v) is 14.9. The smallest absolute Gasteiger partial charge is 0.310 e. The zero-order chi connectivity index (χ0) is 18.2. The number of carbonyl (C=O) groups is 2. The molecular formula is C19H27NO5. The number of likely N-dealkylation sites (tertiary alicyclic amines) is 1. The highest BCUT2D eigenvalue weighted by Crippen LogP contribution is 2.18. The molecule has 138 valence electrons. The van der Waals surface area contributed by atoms with Gasteiger partial charge in [-0.25, -0.2) is 0 Å². The van der Waals surface area contributed by atoms with Crippen LogP contribution >= 0.6 is 0 Å². The fraction of sp³-hybridized carbons (Fsp3) is 0.579. The minimum atomic E-state index is -0.645. The fourth-order valence-electron chi connectivity index (χ4n) is 3.00. The molecule has 1 aliphatic heterocycles. The molecule has 0 aromatic heterocycles. The Hall–Kier alpha value is -1.92. The molecule has 1 fully saturated rings. The van der Waals surface area contributed by atoms with Crippen LogP contribution in [0, 0.1) is 5.92 Å². The van der Waals surface area contributed by atoms with Crippen molar-refractivity contribution in [3.63, 3.8) is 0 Å². The lowest BCUT2D eigenvalue weighted by Gasteiger charge is -2.32. The highest BCUT2D eigenvalue weighted by molar-refractivity contribution is 5.94. The van der Waals surface area contributed by atoms with Crippen LogP contribution in [0.3, 0.4) is 0 Å². The van der Waals surface area contributed by atoms with Gasteiger partial charge in [0.1, 0.15) is 18.5 Å². The number of ketones is 1. The molecule has 2 unspecified atom stereocenters. The van der Waals surface area contributed by atoms with Gasteiger partial charge in [0.2, 0.25) is 0 Å². The number of β-amino-alcohol motifs (C(OH)–C–C–N with tert-alkyl or cyclic N) is 1. The molecule has 6 nitrogen and oxygen atoms in total. The molecule has 1 saturated heterocycles. The van der Waals surface area contributed by atoms with E-state index in [1.807, 2.05) is 6.92 Å². The summed E-state index contributed by atoms with van der Waals surface area (Å²) in [5.74, 6) is 0.365. The fourth-order valence-corrected chi connectivity index (χ4v) is 3.00. The summed E-state index contributed by atoms with van der Waals surface area (Å²) in [5, 5.41) is 10.2. The SMILES string of the molecule is CCOC(=O)C1CCCN(CC(O)COc2ccc(C(C)=O)cc2)C1. The topological polar surface area (TPSA) is 76.1 Å². The number of hydrogen-bond acceptors (Lipinski definition) is 6. The largest absolute Gasteiger partial charge is 0.491 e. The number of benzene rings is 1. The van der Waals surface area contributed by atoms with Crippen molar-refractivity contribution in [2.75, 3.05) is 32.8 Å². The second-order valence-corrected chi connectivity index (χ2v) is 6.40. The van der Waals surface area contributed by atoms with Gasteiger partial charge in [-0.3, -0.25) is 14.5 Å². The van der Waals surface area contributed by atoms with Gasteiger partial charge < -0.3 is 14.6 Å². The Labute approximate surface area is 148 Å². The molecule has 1 heterocycles. The van der Waals surface area contributed by atoms with Crippen molar-refractivity contribution in [3.05, 3.63) is 29.8 Å². The second kappa shape index (κ2) is 9.53. The highest BCUT2D eigenvalue weighted by Gasteiger charge is 2.27. The first-order valence-corrected chi connectivity index (χ1v) is 8.80. The summed E-state index contributed by atoms with van der Waals surface area (Å²) >= 11 is 0. The molecule has 2 rings (SSSR count). The van der Waals surface area contributed by atoms with Crippen LogP contribution in [0.1, 0.15) is 37.0 Å². The summed E-state index contributed by atoms with van der Waals surface area (Å²) in [6, 6.07) is 6.86. The monoisotopic (exact) mass is 349 g/mol. The maximum Gasteiger partial charge on any atom is 0.310 e. The molecule has 1 aromatic rings. The van der Waals surface area contributed by atoms with E-state index in [1.165, 1.54) is 6.92 Å². The van der Waals surface area contributed by atoms with Gasteiger partial charge in [0.05, 0.1) is 12.5 Å². The minimum absolute atomic E-state index is 0.00726. The van der Waals surface area contributed by atoms with E-state index in [1.54, 1.807) is 24.3 Å². The summed E-state index contributed by atoms with van der Waals surface area (Å²) in [6.07, 6.45) is 1.11. The summed E-state index contributed by atoms with van der Waals surface area (Å²) in [5.41, 5.74) is 0.631. The molecule has 1 aromatic carbocycles. The molecule has 0 spiro atoms. The number of esters is 1. The Morgan fingerprint density at radius 2 is 2.04 bits per heavy atom. The Kier molecular flexibility index (Phi) is 7.40. The van der Waals surface area contributed by atoms with Crippen molar-refractivity contribution < 1.29 is 24.2 Å². The second-order valence-electron chi connectivity index (χ2n) is 6.40. The number of aliphatic hydroxyl groups is 1. The molecule has 1 N–H and O–H groups in total. The number of hydrogen-bond donors (Lipinski definition) is 1. The number of rotatable bonds is 8. The summed E-state index contributed by atoms with van der Waals surface area (Å²) < 4.78 is 10.7. The molecular weight excluding hydrogens is 322 g/mol. The van der Waals surface area contributed by atoms with Crippen LogP contribution in [-0.4, -0.2) is 60.7 Å². The van der Waals surface area contributed by atoms with Gasteiger partial charge in [0.25, 0.3) is 0 Å². The van der Waals surface area contributed by atoms with Crippen LogP contribution in [0.2, 0.25) is 0 Å². The average Bonchev–Trinajstić information content (AvgIpc) is 2.61. The van der Waals surface area contributed by atoms with Crippen molar-refractivity contribution in [1.82, 2.24) is 4.90 Å². The minimum Gasteiger partial charge on any atom is -0.491 e. The lowest BCUT2D eigenvalue weighted by atomic mass is 9.98. The number of piperidine rings is 1. The van der Waals surface area contributed by atoms with Crippen molar-refractivity contribution >= 4 is 11.8 Å². The quantitative estimate of drug-likeness (QED) is 0.571. The summed E-state index contributed by atoms with van der Waals surface area (Å²) in [6.45, 7) is 5.82. The van der Waals surface area contributed by atoms with Crippen LogP contribution < -0.4 is 4.74 Å². The van der Waals surface area contributed by atoms with E-state index in [0.717, 1.165) is 19.4 Å². The van der Waals surface area contributed by atoms with Crippen LogP contribution in [-0.2, 0) is 9.53 Å². The molecule has 6 heteroatoms. The van der Waals surface area contributed by atoms with E-state index < -0.39 is 6.10 Å². The maximum absolute atomic E-state index is 11.9. The van der Waals surface area contributed by atoms with E-state index in [0.29, 0.717) is 31.0 Å². The van der Waals surface area contributed by atoms with Crippen molar-refractivity contribution in [1.29, 1.82) is 0 Å². The predicted octanol–water partition coefficient (Wildman–Crippen LogP) is 1.90. The number of aliphatic hydroxyl groups excluding tert-OH is 1. The molecule has 1 aliphatic rings. The number of carbonyl (C=O) groups excluding carboxylic acids is 2. The Morgan fingerprint density at radius 1 is 1.32 bits per heavy atom. The van der Waals surface area contributed by atoms with Gasteiger partial charge in [-0.05, 0) is 57.5 Å². The van der Waals surface area contributed by atoms with Crippen molar-refractivity contribution in [3.8, 4) is 5.75 Å². The zero-order valence-electron chi connectivity index (χ0n) is 14.9. The Balaban J connectivity index is 1.76. The lowest BCUT2D eigenvalue weighted by molar-refractivity contribution is -0.150. The van der Waals surface area contributed by atoms with Gasteiger partial charge in [0, 0.05) is 18.7 Å². The summed E-state index contributed by atoms with van der Waals surface area (Å²) in [7, 11) is 0. The first-order chi connectivity index (χ1) is 12.0. The van der Waals surface area contributed by atoms with Gasteiger partial charge >= 0.3 is 5.97 Å². The highest BCUT2D eigenvalue weighted by atomic mass is 16.5. The van der Waals surface area contributed by atoms with Gasteiger partial charge in [-0.2, -0.15) is 0 Å². The van der Waals surface area contributed by atoms with E-state index in [-0.39, 0.29) is 24.3 Å². The first kappa shape index (κ1) is 19.4. The van der Waals surface area contributed by atoms with Gasteiger partial charge in [-0.1, -0.05) is 0 Å². The molecule has 0 aliphatic carbocycles. The lowest BCUT2D eigenvalue weighted by Crippen LogP contribution is -2.44. The molecule has 25 heavy (non-hydrogen) atoms. The third-order valence-corrected chi connectivity index (χ3v) is 4.30. The van der Waals surface area contributed by atoms with Gasteiger partial charge in [-0.15, -0.1) is 0 Å².